The Kier molecular flexibility index (Phi) is 3.79. The van der Waals surface area contributed by atoms with E-state index in [2.05, 4.69) is 35.3 Å². The van der Waals surface area contributed by atoms with Gasteiger partial charge in [0.05, 0.1) is 0 Å². The molecule has 0 saturated carbocycles. The topological polar surface area (TPSA) is 50.9 Å². The molecule has 0 saturated heterocycles. The number of aromatic nitrogens is 3. The molecule has 0 unspecified atom stereocenters. The molecule has 1 aromatic heterocycles. The molecule has 0 aliphatic rings. The van der Waals surface area contributed by atoms with Gasteiger partial charge in [0, 0.05) is 12.1 Å². The van der Waals surface area contributed by atoms with Crippen LogP contribution in [0.5, 0.6) is 0 Å². The molecule has 0 atom stereocenters. The lowest BCUT2D eigenvalue weighted by Crippen LogP contribution is -2.06. The minimum atomic E-state index is -0.129. The number of aryl methyl sites for hydroxylation is 1. The average molecular weight is 279 g/mol. The quantitative estimate of drug-likeness (QED) is 0.798. The van der Waals surface area contributed by atoms with Crippen molar-refractivity contribution in [1.82, 2.24) is 14.8 Å². The zero-order valence-corrected chi connectivity index (χ0v) is 11.9. The summed E-state index contributed by atoms with van der Waals surface area (Å²) in [7, 11) is 0. The molecule has 3 aromatic rings. The number of nitrogens with zero attached hydrogens (tertiary/aromatic N) is 3. The molecule has 4 nitrogen and oxygen atoms in total. The van der Waals surface area contributed by atoms with Crippen molar-refractivity contribution in [3.05, 3.63) is 77.4 Å². The van der Waals surface area contributed by atoms with Gasteiger partial charge in [0.25, 0.3) is 0 Å². The number of benzene rings is 2. The summed E-state index contributed by atoms with van der Waals surface area (Å²) in [6.07, 6.45) is 0.684. The van der Waals surface area contributed by atoms with Gasteiger partial charge in [0.1, 0.15) is 12.4 Å². The van der Waals surface area contributed by atoms with Gasteiger partial charge >= 0.3 is 0 Å². The van der Waals surface area contributed by atoms with E-state index in [0.29, 0.717) is 12.2 Å². The minimum absolute atomic E-state index is 0.129. The van der Waals surface area contributed by atoms with Crippen LogP contribution in [-0.2, 0) is 13.0 Å². The van der Waals surface area contributed by atoms with E-state index in [0.717, 1.165) is 11.5 Å². The van der Waals surface area contributed by atoms with Crippen LogP contribution in [0.15, 0.2) is 54.6 Å². The van der Waals surface area contributed by atoms with Crippen molar-refractivity contribution in [1.29, 1.82) is 0 Å². The molecule has 106 valence electrons. The zero-order valence-electron chi connectivity index (χ0n) is 11.9. The Balaban J connectivity index is 2.02. The first-order valence-electron chi connectivity index (χ1n) is 6.93. The summed E-state index contributed by atoms with van der Waals surface area (Å²) in [6, 6.07) is 18.2. The van der Waals surface area contributed by atoms with Gasteiger partial charge in [-0.15, -0.1) is 10.2 Å². The van der Waals surface area contributed by atoms with Gasteiger partial charge in [0.2, 0.25) is 0 Å². The number of para-hydroxylation sites is 1. The van der Waals surface area contributed by atoms with E-state index < -0.39 is 0 Å². The molecule has 3 rings (SSSR count). The lowest BCUT2D eigenvalue weighted by atomic mass is 10.1. The molecule has 0 aliphatic heterocycles. The van der Waals surface area contributed by atoms with Crippen LogP contribution in [0.2, 0.25) is 0 Å². The first-order chi connectivity index (χ1) is 10.3. The van der Waals surface area contributed by atoms with Crippen molar-refractivity contribution in [2.24, 2.45) is 0 Å². The molecule has 4 heteroatoms. The van der Waals surface area contributed by atoms with Gasteiger partial charge in [-0.2, -0.15) is 0 Å². The van der Waals surface area contributed by atoms with Crippen LogP contribution in [0.1, 0.15) is 22.8 Å². The smallest absolute Gasteiger partial charge is 0.163 e. The Hall–Kier alpha value is -2.46. The van der Waals surface area contributed by atoms with Crippen molar-refractivity contribution >= 4 is 0 Å². The SMILES string of the molecule is Cc1cccc(Cc2nnc(CO)n2-c2ccccc2)c1. The third-order valence-corrected chi connectivity index (χ3v) is 3.40. The van der Waals surface area contributed by atoms with E-state index in [1.54, 1.807) is 0 Å². The summed E-state index contributed by atoms with van der Waals surface area (Å²) in [4.78, 5) is 0. The highest BCUT2D eigenvalue weighted by Crippen LogP contribution is 2.16. The summed E-state index contributed by atoms with van der Waals surface area (Å²) >= 11 is 0. The summed E-state index contributed by atoms with van der Waals surface area (Å²) in [5, 5.41) is 17.8. The Morgan fingerprint density at radius 1 is 0.952 bits per heavy atom. The van der Waals surface area contributed by atoms with Crippen molar-refractivity contribution < 1.29 is 5.11 Å². The van der Waals surface area contributed by atoms with Gasteiger partial charge in [-0.1, -0.05) is 48.0 Å². The van der Waals surface area contributed by atoms with Crippen LogP contribution in [0.3, 0.4) is 0 Å². The Morgan fingerprint density at radius 3 is 2.43 bits per heavy atom. The number of hydrogen-bond acceptors (Lipinski definition) is 3. The van der Waals surface area contributed by atoms with Gasteiger partial charge in [-0.3, -0.25) is 4.57 Å². The summed E-state index contributed by atoms with van der Waals surface area (Å²) in [6.45, 7) is 1.94. The maximum absolute atomic E-state index is 9.48. The summed E-state index contributed by atoms with van der Waals surface area (Å²) in [5.74, 6) is 1.39. The highest BCUT2D eigenvalue weighted by molar-refractivity contribution is 5.35. The zero-order chi connectivity index (χ0) is 14.7. The summed E-state index contributed by atoms with van der Waals surface area (Å²) < 4.78 is 1.92. The maximum Gasteiger partial charge on any atom is 0.163 e. The van der Waals surface area contributed by atoms with Crippen molar-refractivity contribution in [3.8, 4) is 5.69 Å². The minimum Gasteiger partial charge on any atom is -0.388 e. The van der Waals surface area contributed by atoms with Gasteiger partial charge in [-0.05, 0) is 24.6 Å². The van der Waals surface area contributed by atoms with E-state index in [1.807, 2.05) is 41.0 Å². The third kappa shape index (κ3) is 2.85. The molecular formula is C17H17N3O. The molecule has 2 aromatic carbocycles. The number of hydrogen-bond donors (Lipinski definition) is 1. The van der Waals surface area contributed by atoms with E-state index in [4.69, 9.17) is 0 Å². The standard InChI is InChI=1S/C17H17N3O/c1-13-6-5-7-14(10-13)11-16-18-19-17(12-21)20(16)15-8-3-2-4-9-15/h2-10,21H,11-12H2,1H3. The molecule has 0 fully saturated rings. The molecule has 0 radical (unpaired) electrons. The Morgan fingerprint density at radius 2 is 1.71 bits per heavy atom. The first kappa shape index (κ1) is 13.5. The monoisotopic (exact) mass is 279 g/mol. The second-order valence-electron chi connectivity index (χ2n) is 5.03. The molecular weight excluding hydrogens is 262 g/mol. The van der Waals surface area contributed by atoms with E-state index in [9.17, 15) is 5.11 Å². The summed E-state index contributed by atoms with van der Waals surface area (Å²) in [5.41, 5.74) is 3.37. The van der Waals surface area contributed by atoms with E-state index in [-0.39, 0.29) is 6.61 Å². The fraction of sp³-hybridized carbons (Fsp3) is 0.176. The number of rotatable bonds is 4. The molecule has 0 bridgehead atoms. The second kappa shape index (κ2) is 5.89. The second-order valence-corrected chi connectivity index (χ2v) is 5.03. The fourth-order valence-electron chi connectivity index (χ4n) is 2.45. The predicted octanol–water partition coefficient (Wildman–Crippen LogP) is 2.66. The number of aliphatic hydroxyl groups is 1. The Labute approximate surface area is 123 Å². The highest BCUT2D eigenvalue weighted by Gasteiger charge is 2.13. The number of aliphatic hydroxyl groups excluding tert-OH is 1. The fourth-order valence-corrected chi connectivity index (χ4v) is 2.45. The van der Waals surface area contributed by atoms with Gasteiger partial charge < -0.3 is 5.11 Å². The van der Waals surface area contributed by atoms with E-state index in [1.165, 1.54) is 11.1 Å². The largest absolute Gasteiger partial charge is 0.388 e. The molecule has 21 heavy (non-hydrogen) atoms. The Bertz CT molecular complexity index is 735. The molecule has 0 spiro atoms. The third-order valence-electron chi connectivity index (χ3n) is 3.40. The van der Waals surface area contributed by atoms with Crippen LogP contribution in [0, 0.1) is 6.92 Å². The average Bonchev–Trinajstić information content (AvgIpc) is 2.91. The van der Waals surface area contributed by atoms with Crippen molar-refractivity contribution in [3.63, 3.8) is 0 Å². The van der Waals surface area contributed by atoms with Crippen LogP contribution in [0.25, 0.3) is 5.69 Å². The molecule has 1 heterocycles. The normalized spacial score (nSPS) is 10.8. The van der Waals surface area contributed by atoms with Gasteiger partial charge in [0.15, 0.2) is 5.82 Å². The van der Waals surface area contributed by atoms with Crippen LogP contribution in [-0.4, -0.2) is 19.9 Å². The predicted molar refractivity (Wildman–Crippen MR) is 81.3 cm³/mol. The van der Waals surface area contributed by atoms with Crippen LogP contribution >= 0.6 is 0 Å². The molecule has 0 aliphatic carbocycles. The highest BCUT2D eigenvalue weighted by atomic mass is 16.3. The first-order valence-corrected chi connectivity index (χ1v) is 6.93. The van der Waals surface area contributed by atoms with Crippen molar-refractivity contribution in [2.75, 3.05) is 0 Å². The molecule has 0 amide bonds. The molecule has 1 N–H and O–H groups in total. The lowest BCUT2D eigenvalue weighted by molar-refractivity contribution is 0.268. The van der Waals surface area contributed by atoms with Crippen molar-refractivity contribution in [2.45, 2.75) is 20.0 Å². The van der Waals surface area contributed by atoms with Crippen LogP contribution in [0.4, 0.5) is 0 Å². The van der Waals surface area contributed by atoms with Gasteiger partial charge in [-0.25, -0.2) is 0 Å². The van der Waals surface area contributed by atoms with E-state index >= 15 is 0 Å². The maximum atomic E-state index is 9.48. The lowest BCUT2D eigenvalue weighted by Gasteiger charge is -2.09. The van der Waals surface area contributed by atoms with Crippen LogP contribution < -0.4 is 0 Å².